The Labute approximate surface area is 118 Å². The number of nitrogens with one attached hydrogen (secondary N) is 1. The van der Waals surface area contributed by atoms with Crippen LogP contribution in [0.1, 0.15) is 64.7 Å². The first-order chi connectivity index (χ1) is 9.29. The molecular formula is C16H32N2O. The van der Waals surface area contributed by atoms with E-state index >= 15 is 0 Å². The Bertz CT molecular complexity index is 251. The van der Waals surface area contributed by atoms with Gasteiger partial charge in [-0.05, 0) is 64.6 Å². The Kier molecular flexibility index (Phi) is 6.11. The maximum atomic E-state index is 9.86. The molecule has 2 aliphatic rings. The van der Waals surface area contributed by atoms with E-state index in [1.54, 1.807) is 0 Å². The zero-order valence-corrected chi connectivity index (χ0v) is 12.7. The zero-order chi connectivity index (χ0) is 13.6. The Morgan fingerprint density at radius 2 is 1.89 bits per heavy atom. The van der Waals surface area contributed by atoms with Gasteiger partial charge in [-0.3, -0.25) is 0 Å². The van der Waals surface area contributed by atoms with E-state index in [1.807, 2.05) is 0 Å². The van der Waals surface area contributed by atoms with E-state index in [9.17, 15) is 5.11 Å². The van der Waals surface area contributed by atoms with Crippen LogP contribution in [-0.2, 0) is 0 Å². The smallest absolute Gasteiger partial charge is 0.0613 e. The molecule has 2 unspecified atom stereocenters. The number of aliphatic hydroxyl groups is 1. The van der Waals surface area contributed by atoms with Crippen LogP contribution < -0.4 is 5.32 Å². The minimum atomic E-state index is 0.00519. The normalized spacial score (nSPS) is 34.1. The zero-order valence-electron chi connectivity index (χ0n) is 12.7. The highest BCUT2D eigenvalue weighted by molar-refractivity contribution is 4.96. The lowest BCUT2D eigenvalue weighted by molar-refractivity contribution is 0.0606. The molecule has 112 valence electrons. The Balaban J connectivity index is 1.93. The van der Waals surface area contributed by atoms with Gasteiger partial charge in [-0.25, -0.2) is 0 Å². The van der Waals surface area contributed by atoms with Crippen LogP contribution in [0.25, 0.3) is 0 Å². The lowest BCUT2D eigenvalue weighted by Gasteiger charge is -2.44. The summed E-state index contributed by atoms with van der Waals surface area (Å²) in [5.41, 5.74) is 0.00519. The van der Waals surface area contributed by atoms with Gasteiger partial charge in [-0.1, -0.05) is 19.8 Å². The molecule has 0 aromatic rings. The average molecular weight is 268 g/mol. The van der Waals surface area contributed by atoms with Crippen molar-refractivity contribution in [3.63, 3.8) is 0 Å². The average Bonchev–Trinajstić information content (AvgIpc) is 2.74. The topological polar surface area (TPSA) is 35.5 Å². The first-order valence-corrected chi connectivity index (χ1v) is 8.39. The summed E-state index contributed by atoms with van der Waals surface area (Å²) in [6, 6.07) is 0.698. The number of hydrogen-bond donors (Lipinski definition) is 2. The Morgan fingerprint density at radius 1 is 1.16 bits per heavy atom. The third kappa shape index (κ3) is 4.17. The summed E-state index contributed by atoms with van der Waals surface area (Å²) < 4.78 is 0. The van der Waals surface area contributed by atoms with Crippen molar-refractivity contribution in [3.8, 4) is 0 Å². The fourth-order valence-corrected chi connectivity index (χ4v) is 3.85. The number of hydrogen-bond acceptors (Lipinski definition) is 3. The van der Waals surface area contributed by atoms with Crippen molar-refractivity contribution in [2.24, 2.45) is 0 Å². The van der Waals surface area contributed by atoms with Crippen LogP contribution in [0.15, 0.2) is 0 Å². The molecule has 3 heteroatoms. The number of aliphatic hydroxyl groups excluding tert-OH is 1. The lowest BCUT2D eigenvalue weighted by atomic mass is 9.78. The second kappa shape index (κ2) is 7.61. The molecule has 2 atom stereocenters. The van der Waals surface area contributed by atoms with Gasteiger partial charge in [0.15, 0.2) is 0 Å². The first kappa shape index (κ1) is 15.3. The van der Waals surface area contributed by atoms with Crippen molar-refractivity contribution in [1.82, 2.24) is 10.2 Å². The molecule has 3 nitrogen and oxygen atoms in total. The van der Waals surface area contributed by atoms with Gasteiger partial charge in [-0.2, -0.15) is 0 Å². The molecule has 2 fully saturated rings. The summed E-state index contributed by atoms with van der Waals surface area (Å²) in [4.78, 5) is 2.71. The van der Waals surface area contributed by atoms with Crippen molar-refractivity contribution < 1.29 is 5.11 Å². The second-order valence-electron chi connectivity index (χ2n) is 6.57. The first-order valence-electron chi connectivity index (χ1n) is 8.39. The maximum absolute atomic E-state index is 9.86. The molecule has 2 rings (SSSR count). The molecule has 0 bridgehead atoms. The molecule has 2 N–H and O–H groups in total. The number of rotatable bonds is 5. The molecule has 0 spiro atoms. The standard InChI is InChI=1S/C16H32N2O/c1-2-10-17-16(14-19)9-7-8-15(13-16)18-11-5-3-4-6-12-18/h15,17,19H,2-14H2,1H3. The van der Waals surface area contributed by atoms with Gasteiger partial charge in [0, 0.05) is 11.6 Å². The van der Waals surface area contributed by atoms with Crippen molar-refractivity contribution >= 4 is 0 Å². The number of nitrogens with zero attached hydrogens (tertiary/aromatic N) is 1. The number of likely N-dealkylation sites (tertiary alicyclic amines) is 1. The predicted octanol–water partition coefficient (Wildman–Crippen LogP) is 2.54. The van der Waals surface area contributed by atoms with E-state index in [4.69, 9.17) is 0 Å². The highest BCUT2D eigenvalue weighted by Crippen LogP contribution is 2.32. The summed E-state index contributed by atoms with van der Waals surface area (Å²) in [5, 5.41) is 13.5. The van der Waals surface area contributed by atoms with Gasteiger partial charge in [0.2, 0.25) is 0 Å². The minimum absolute atomic E-state index is 0.00519. The fraction of sp³-hybridized carbons (Fsp3) is 1.00. The van der Waals surface area contributed by atoms with Gasteiger partial charge in [-0.15, -0.1) is 0 Å². The summed E-state index contributed by atoms with van der Waals surface area (Å²) >= 11 is 0. The summed E-state index contributed by atoms with van der Waals surface area (Å²) in [5.74, 6) is 0. The molecule has 1 aliphatic carbocycles. The van der Waals surface area contributed by atoms with Gasteiger partial charge < -0.3 is 15.3 Å². The highest BCUT2D eigenvalue weighted by atomic mass is 16.3. The van der Waals surface area contributed by atoms with Crippen LogP contribution in [-0.4, -0.2) is 47.8 Å². The maximum Gasteiger partial charge on any atom is 0.0613 e. The molecule has 0 aromatic carbocycles. The van der Waals surface area contributed by atoms with E-state index in [2.05, 4.69) is 17.1 Å². The fourth-order valence-electron chi connectivity index (χ4n) is 3.85. The molecule has 0 aromatic heterocycles. The molecule has 0 amide bonds. The largest absolute Gasteiger partial charge is 0.394 e. The highest BCUT2D eigenvalue weighted by Gasteiger charge is 2.37. The van der Waals surface area contributed by atoms with Gasteiger partial charge >= 0.3 is 0 Å². The van der Waals surface area contributed by atoms with E-state index in [0.29, 0.717) is 12.6 Å². The van der Waals surface area contributed by atoms with Crippen LogP contribution >= 0.6 is 0 Å². The quantitative estimate of drug-likeness (QED) is 0.804. The third-order valence-corrected chi connectivity index (χ3v) is 5.03. The Morgan fingerprint density at radius 3 is 2.53 bits per heavy atom. The van der Waals surface area contributed by atoms with E-state index < -0.39 is 0 Å². The van der Waals surface area contributed by atoms with Crippen molar-refractivity contribution in [2.45, 2.75) is 76.3 Å². The summed E-state index contributed by atoms with van der Waals surface area (Å²) in [6.45, 7) is 6.09. The van der Waals surface area contributed by atoms with E-state index in [1.165, 1.54) is 51.6 Å². The van der Waals surface area contributed by atoms with E-state index in [0.717, 1.165) is 25.8 Å². The van der Waals surface area contributed by atoms with Crippen LogP contribution in [0.4, 0.5) is 0 Å². The monoisotopic (exact) mass is 268 g/mol. The molecule has 1 heterocycles. The summed E-state index contributed by atoms with van der Waals surface area (Å²) in [6.07, 6.45) is 11.6. The molecular weight excluding hydrogens is 236 g/mol. The van der Waals surface area contributed by atoms with Gasteiger partial charge in [0.05, 0.1) is 6.61 Å². The van der Waals surface area contributed by atoms with E-state index in [-0.39, 0.29) is 5.54 Å². The molecule has 19 heavy (non-hydrogen) atoms. The molecule has 1 saturated carbocycles. The minimum Gasteiger partial charge on any atom is -0.394 e. The van der Waals surface area contributed by atoms with Gasteiger partial charge in [0.1, 0.15) is 0 Å². The van der Waals surface area contributed by atoms with Gasteiger partial charge in [0.25, 0.3) is 0 Å². The van der Waals surface area contributed by atoms with Crippen LogP contribution in [0.3, 0.4) is 0 Å². The molecule has 1 aliphatic heterocycles. The SMILES string of the molecule is CCCNC1(CO)CCCC(N2CCCCCC2)C1. The van der Waals surface area contributed by atoms with Crippen molar-refractivity contribution in [2.75, 3.05) is 26.2 Å². The van der Waals surface area contributed by atoms with Crippen molar-refractivity contribution in [1.29, 1.82) is 0 Å². The Hall–Kier alpha value is -0.120. The second-order valence-corrected chi connectivity index (χ2v) is 6.57. The predicted molar refractivity (Wildman–Crippen MR) is 80.4 cm³/mol. The van der Waals surface area contributed by atoms with Crippen LogP contribution in [0, 0.1) is 0 Å². The third-order valence-electron chi connectivity index (χ3n) is 5.03. The summed E-state index contributed by atoms with van der Waals surface area (Å²) in [7, 11) is 0. The van der Waals surface area contributed by atoms with Crippen molar-refractivity contribution in [3.05, 3.63) is 0 Å². The molecule has 0 radical (unpaired) electrons. The van der Waals surface area contributed by atoms with Crippen LogP contribution in [0.2, 0.25) is 0 Å². The lowest BCUT2D eigenvalue weighted by Crippen LogP contribution is -2.56. The molecule has 1 saturated heterocycles. The van der Waals surface area contributed by atoms with Crippen LogP contribution in [0.5, 0.6) is 0 Å².